The van der Waals surface area contributed by atoms with E-state index < -0.39 is 0 Å². The SMILES string of the molecule is c1ccc(-c2ccc3c(c2)c2cc(-c4ccc5c(c4)c4cc(-c6ccccc6)ccc4n5-c4ccc(-c5nc(-c6ccccc6)nc6c5-c5cccc7cccc-6c57)cc4)ccc2n3-c2ccccc2)cc1. The smallest absolute Gasteiger partial charge is 0.160 e. The molecule has 4 heteroatoms. The van der Waals surface area contributed by atoms with Crippen molar-refractivity contribution in [2.75, 3.05) is 0 Å². The van der Waals surface area contributed by atoms with E-state index in [9.17, 15) is 0 Å². The minimum atomic E-state index is 0.726. The van der Waals surface area contributed by atoms with Crippen LogP contribution in [0.4, 0.5) is 0 Å². The second-order valence-electron chi connectivity index (χ2n) is 18.9. The van der Waals surface area contributed by atoms with E-state index in [1.165, 1.54) is 82.3 Å². The average Bonchev–Trinajstić information content (AvgIpc) is 4.09. The van der Waals surface area contributed by atoms with Gasteiger partial charge in [0, 0.05) is 55.2 Å². The largest absolute Gasteiger partial charge is 0.309 e. The second kappa shape index (κ2) is 16.0. The monoisotopic (exact) mass is 914 g/mol. The van der Waals surface area contributed by atoms with Crippen LogP contribution in [0.5, 0.6) is 0 Å². The maximum atomic E-state index is 5.38. The molecule has 3 heterocycles. The molecule has 0 radical (unpaired) electrons. The van der Waals surface area contributed by atoms with E-state index in [-0.39, 0.29) is 0 Å². The van der Waals surface area contributed by atoms with E-state index >= 15 is 0 Å². The third-order valence-electron chi connectivity index (χ3n) is 14.9. The van der Waals surface area contributed by atoms with Crippen molar-refractivity contribution in [3.05, 3.63) is 255 Å². The molecule has 0 saturated carbocycles. The lowest BCUT2D eigenvalue weighted by atomic mass is 9.98. The molecule has 0 bridgehead atoms. The summed E-state index contributed by atoms with van der Waals surface area (Å²) >= 11 is 0. The summed E-state index contributed by atoms with van der Waals surface area (Å²) in [5.74, 6) is 0.726. The molecule has 334 valence electrons. The van der Waals surface area contributed by atoms with Crippen molar-refractivity contribution in [3.8, 4) is 89.8 Å². The van der Waals surface area contributed by atoms with Crippen molar-refractivity contribution in [3.63, 3.8) is 0 Å². The molecule has 14 aromatic rings. The van der Waals surface area contributed by atoms with Crippen LogP contribution in [-0.2, 0) is 0 Å². The Morgan fingerprint density at radius 1 is 0.264 bits per heavy atom. The van der Waals surface area contributed by atoms with Crippen molar-refractivity contribution in [2.45, 2.75) is 0 Å². The normalized spacial score (nSPS) is 11.9. The Labute approximate surface area is 416 Å². The highest BCUT2D eigenvalue weighted by Crippen LogP contribution is 2.50. The second-order valence-corrected chi connectivity index (χ2v) is 18.9. The highest BCUT2D eigenvalue weighted by atomic mass is 15.0. The molecule has 1 aliphatic carbocycles. The highest BCUT2D eigenvalue weighted by molar-refractivity contribution is 6.17. The summed E-state index contributed by atoms with van der Waals surface area (Å²) in [6, 6.07) is 92.4. The van der Waals surface area contributed by atoms with Gasteiger partial charge in [-0.25, -0.2) is 9.97 Å². The first-order chi connectivity index (χ1) is 35.7. The number of nitrogens with zero attached hydrogens (tertiary/aromatic N) is 4. The third kappa shape index (κ3) is 6.26. The zero-order valence-electron chi connectivity index (χ0n) is 39.0. The van der Waals surface area contributed by atoms with Crippen molar-refractivity contribution in [1.29, 1.82) is 0 Å². The van der Waals surface area contributed by atoms with Crippen LogP contribution < -0.4 is 0 Å². The number of hydrogen-bond donors (Lipinski definition) is 0. The highest BCUT2D eigenvalue weighted by Gasteiger charge is 2.28. The van der Waals surface area contributed by atoms with Crippen LogP contribution >= 0.6 is 0 Å². The molecular formula is C68H42N4. The fraction of sp³-hybridized carbons (Fsp3) is 0. The first-order valence-electron chi connectivity index (χ1n) is 24.6. The summed E-state index contributed by atoms with van der Waals surface area (Å²) < 4.78 is 4.82. The van der Waals surface area contributed by atoms with Crippen molar-refractivity contribution in [2.24, 2.45) is 0 Å². The summed E-state index contributed by atoms with van der Waals surface area (Å²) in [5.41, 5.74) is 21.5. The lowest BCUT2D eigenvalue weighted by Gasteiger charge is -2.14. The topological polar surface area (TPSA) is 35.6 Å². The Morgan fingerprint density at radius 2 is 0.653 bits per heavy atom. The lowest BCUT2D eigenvalue weighted by Crippen LogP contribution is -1.98. The van der Waals surface area contributed by atoms with Gasteiger partial charge in [0.25, 0.3) is 0 Å². The van der Waals surface area contributed by atoms with Gasteiger partial charge >= 0.3 is 0 Å². The quantitative estimate of drug-likeness (QED) is 0.160. The Bertz CT molecular complexity index is 4450. The van der Waals surface area contributed by atoms with Gasteiger partial charge in [0.2, 0.25) is 0 Å². The van der Waals surface area contributed by atoms with E-state index in [2.05, 4.69) is 258 Å². The zero-order valence-corrected chi connectivity index (χ0v) is 39.0. The Balaban J connectivity index is 0.898. The first kappa shape index (κ1) is 40.3. The molecule has 1 aliphatic rings. The van der Waals surface area contributed by atoms with Gasteiger partial charge in [0.05, 0.1) is 33.5 Å². The number of aromatic nitrogens is 4. The van der Waals surface area contributed by atoms with Gasteiger partial charge in [-0.1, -0.05) is 182 Å². The van der Waals surface area contributed by atoms with Gasteiger partial charge in [-0.15, -0.1) is 0 Å². The van der Waals surface area contributed by atoms with Gasteiger partial charge in [0.1, 0.15) is 0 Å². The van der Waals surface area contributed by atoms with E-state index in [1.807, 2.05) is 6.07 Å². The summed E-state index contributed by atoms with van der Waals surface area (Å²) in [7, 11) is 0. The predicted molar refractivity (Wildman–Crippen MR) is 300 cm³/mol. The minimum absolute atomic E-state index is 0.726. The van der Waals surface area contributed by atoms with Gasteiger partial charge in [-0.3, -0.25) is 0 Å². The molecule has 0 spiro atoms. The van der Waals surface area contributed by atoms with E-state index in [0.717, 1.165) is 61.9 Å². The molecule has 0 N–H and O–H groups in total. The molecule has 0 saturated heterocycles. The number of benzene rings is 11. The van der Waals surface area contributed by atoms with Crippen LogP contribution in [0.1, 0.15) is 0 Å². The molecule has 4 nitrogen and oxygen atoms in total. The predicted octanol–water partition coefficient (Wildman–Crippen LogP) is 17.8. The van der Waals surface area contributed by atoms with Crippen molar-refractivity contribution in [1.82, 2.24) is 19.1 Å². The number of hydrogen-bond acceptors (Lipinski definition) is 2. The molecule has 11 aromatic carbocycles. The fourth-order valence-electron chi connectivity index (χ4n) is 11.5. The van der Waals surface area contributed by atoms with Crippen molar-refractivity contribution < 1.29 is 0 Å². The van der Waals surface area contributed by atoms with Gasteiger partial charge < -0.3 is 9.13 Å². The summed E-state index contributed by atoms with van der Waals surface area (Å²) in [6.07, 6.45) is 0. The molecule has 0 aliphatic heterocycles. The average molecular weight is 915 g/mol. The molecular weight excluding hydrogens is 873 g/mol. The Hall–Kier alpha value is -9.64. The van der Waals surface area contributed by atoms with Crippen LogP contribution in [-0.4, -0.2) is 19.1 Å². The van der Waals surface area contributed by atoms with Crippen LogP contribution in [0.25, 0.3) is 144 Å². The Morgan fingerprint density at radius 3 is 1.14 bits per heavy atom. The van der Waals surface area contributed by atoms with E-state index in [0.29, 0.717) is 0 Å². The van der Waals surface area contributed by atoms with Crippen LogP contribution in [0, 0.1) is 0 Å². The van der Waals surface area contributed by atoms with E-state index in [1.54, 1.807) is 0 Å². The van der Waals surface area contributed by atoms with Crippen molar-refractivity contribution >= 4 is 54.4 Å². The fourth-order valence-corrected chi connectivity index (χ4v) is 11.5. The maximum absolute atomic E-state index is 5.38. The number of fused-ring (bicyclic) bond motifs is 9. The Kier molecular flexibility index (Phi) is 8.92. The number of rotatable bonds is 7. The molecule has 15 rings (SSSR count). The molecule has 0 amide bonds. The molecule has 0 atom stereocenters. The molecule has 3 aromatic heterocycles. The zero-order chi connectivity index (χ0) is 47.3. The molecule has 0 fully saturated rings. The standard InChI is InChI=1S/C68H42N4/c1-5-15-43(16-6-1)48-29-35-60-56(39-48)58-41-50(31-37-61(58)71(60)52-23-11-4-12-24-52)51-32-38-63-59(42-51)57-40-49(44-17-7-2-8-18-44)30-36-62(57)72(63)53-33-27-46(28-34-53)66-65-54-25-13-21-45-22-14-26-55(64(45)54)67(65)70-68(69-66)47-19-9-3-10-20-47/h1-42H. The lowest BCUT2D eigenvalue weighted by molar-refractivity contribution is 1.17. The van der Waals surface area contributed by atoms with Crippen LogP contribution in [0.3, 0.4) is 0 Å². The third-order valence-corrected chi connectivity index (χ3v) is 14.9. The minimum Gasteiger partial charge on any atom is -0.309 e. The van der Waals surface area contributed by atoms with Crippen LogP contribution in [0.2, 0.25) is 0 Å². The van der Waals surface area contributed by atoms with Gasteiger partial charge in [0.15, 0.2) is 5.82 Å². The van der Waals surface area contributed by atoms with E-state index in [4.69, 9.17) is 9.97 Å². The molecule has 72 heavy (non-hydrogen) atoms. The summed E-state index contributed by atoms with van der Waals surface area (Å²) in [5, 5.41) is 7.32. The summed E-state index contributed by atoms with van der Waals surface area (Å²) in [6.45, 7) is 0. The molecule has 0 unspecified atom stereocenters. The van der Waals surface area contributed by atoms with Gasteiger partial charge in [-0.2, -0.15) is 0 Å². The van der Waals surface area contributed by atoms with Gasteiger partial charge in [-0.05, 0) is 123 Å². The summed E-state index contributed by atoms with van der Waals surface area (Å²) in [4.78, 5) is 10.6. The number of para-hydroxylation sites is 1. The first-order valence-corrected chi connectivity index (χ1v) is 24.6. The maximum Gasteiger partial charge on any atom is 0.160 e. The van der Waals surface area contributed by atoms with Crippen LogP contribution in [0.15, 0.2) is 255 Å².